The lowest BCUT2D eigenvalue weighted by Gasteiger charge is -2.11. The van der Waals surface area contributed by atoms with Crippen LogP contribution in [0.2, 0.25) is 0 Å². The van der Waals surface area contributed by atoms with Crippen LogP contribution in [0.1, 0.15) is 43.5 Å². The lowest BCUT2D eigenvalue weighted by molar-refractivity contribution is 0.371. The highest BCUT2D eigenvalue weighted by Crippen LogP contribution is 2.09. The Morgan fingerprint density at radius 2 is 1.88 bits per heavy atom. The van der Waals surface area contributed by atoms with Crippen LogP contribution in [0, 0.1) is 0 Å². The summed E-state index contributed by atoms with van der Waals surface area (Å²) < 4.78 is 5.23. The van der Waals surface area contributed by atoms with Crippen LogP contribution in [0.5, 0.6) is 0 Å². The van der Waals surface area contributed by atoms with Gasteiger partial charge >= 0.3 is 0 Å². The molecule has 0 radical (unpaired) electrons. The van der Waals surface area contributed by atoms with E-state index in [2.05, 4.69) is 50.0 Å². The number of nitrogens with zero attached hydrogens (tertiary/aromatic N) is 3. The monoisotopic (exact) mass is 329 g/mol. The van der Waals surface area contributed by atoms with Gasteiger partial charge in [-0.2, -0.15) is 4.98 Å². The van der Waals surface area contributed by atoms with Gasteiger partial charge in [-0.1, -0.05) is 49.3 Å². The summed E-state index contributed by atoms with van der Waals surface area (Å²) in [6, 6.07) is 10.5. The summed E-state index contributed by atoms with van der Waals surface area (Å²) in [4.78, 5) is 8.59. The smallest absolute Gasteiger partial charge is 0.228 e. The van der Waals surface area contributed by atoms with Crippen LogP contribution in [0.25, 0.3) is 0 Å². The highest BCUT2D eigenvalue weighted by molar-refractivity contribution is 5.79. The molecule has 6 heteroatoms. The summed E-state index contributed by atoms with van der Waals surface area (Å²) in [7, 11) is 1.77. The largest absolute Gasteiger partial charge is 0.356 e. The molecule has 0 unspecified atom stereocenters. The maximum absolute atomic E-state index is 5.23. The van der Waals surface area contributed by atoms with Crippen molar-refractivity contribution in [2.45, 2.75) is 39.0 Å². The summed E-state index contributed by atoms with van der Waals surface area (Å²) in [6.45, 7) is 5.69. The zero-order valence-corrected chi connectivity index (χ0v) is 14.7. The Morgan fingerprint density at radius 3 is 2.54 bits per heavy atom. The van der Waals surface area contributed by atoms with Crippen molar-refractivity contribution in [2.24, 2.45) is 4.99 Å². The number of rotatable bonds is 8. The molecule has 0 aliphatic rings. The van der Waals surface area contributed by atoms with Gasteiger partial charge in [-0.05, 0) is 18.4 Å². The summed E-state index contributed by atoms with van der Waals surface area (Å²) in [6.07, 6.45) is 2.81. The van der Waals surface area contributed by atoms with E-state index in [-0.39, 0.29) is 5.92 Å². The van der Waals surface area contributed by atoms with Crippen molar-refractivity contribution in [1.82, 2.24) is 20.8 Å². The lowest BCUT2D eigenvalue weighted by Crippen LogP contribution is -2.38. The number of nitrogens with one attached hydrogen (secondary N) is 2. The molecule has 0 aliphatic carbocycles. The zero-order chi connectivity index (χ0) is 17.2. The minimum absolute atomic E-state index is 0.287. The first-order chi connectivity index (χ1) is 11.7. The first-order valence-corrected chi connectivity index (χ1v) is 8.50. The molecule has 2 N–H and O–H groups in total. The van der Waals surface area contributed by atoms with Crippen LogP contribution in [0.15, 0.2) is 39.8 Å². The van der Waals surface area contributed by atoms with Crippen LogP contribution < -0.4 is 10.6 Å². The number of hydrogen-bond acceptors (Lipinski definition) is 4. The molecule has 0 fully saturated rings. The van der Waals surface area contributed by atoms with E-state index < -0.39 is 0 Å². The summed E-state index contributed by atoms with van der Waals surface area (Å²) in [5.74, 6) is 2.50. The molecule has 130 valence electrons. The van der Waals surface area contributed by atoms with Gasteiger partial charge in [0.05, 0.1) is 0 Å². The van der Waals surface area contributed by atoms with Crippen molar-refractivity contribution in [1.29, 1.82) is 0 Å². The van der Waals surface area contributed by atoms with E-state index in [1.165, 1.54) is 5.56 Å². The molecule has 24 heavy (non-hydrogen) atoms. The van der Waals surface area contributed by atoms with Gasteiger partial charge in [-0.25, -0.2) is 0 Å². The minimum atomic E-state index is 0.287. The summed E-state index contributed by atoms with van der Waals surface area (Å²) >= 11 is 0. The normalized spacial score (nSPS) is 11.8. The van der Waals surface area contributed by atoms with Gasteiger partial charge in [0.15, 0.2) is 11.8 Å². The molecule has 0 amide bonds. The fourth-order valence-electron chi connectivity index (χ4n) is 2.26. The van der Waals surface area contributed by atoms with E-state index in [9.17, 15) is 0 Å². The minimum Gasteiger partial charge on any atom is -0.356 e. The van der Waals surface area contributed by atoms with Crippen LogP contribution in [0.3, 0.4) is 0 Å². The molecule has 6 nitrogen and oxygen atoms in total. The molecule has 1 aromatic carbocycles. The third kappa shape index (κ3) is 6.02. The number of guanidine groups is 1. The number of hydrogen-bond donors (Lipinski definition) is 2. The van der Waals surface area contributed by atoms with Crippen molar-refractivity contribution < 1.29 is 4.52 Å². The summed E-state index contributed by atoms with van der Waals surface area (Å²) in [5, 5.41) is 10.6. The quantitative estimate of drug-likeness (QED) is 0.442. The van der Waals surface area contributed by atoms with Crippen LogP contribution >= 0.6 is 0 Å². The van der Waals surface area contributed by atoms with Gasteiger partial charge in [0.2, 0.25) is 5.89 Å². The Kier molecular flexibility index (Phi) is 7.26. The standard InChI is InChI=1S/C18H27N5O/c1-14(2)17-22-16(24-23-17)11-13-21-18(19-3)20-12-7-10-15-8-5-4-6-9-15/h4-6,8-9,14H,7,10-13H2,1-3H3,(H2,19,20,21). The van der Waals surface area contributed by atoms with E-state index in [0.29, 0.717) is 18.9 Å². The van der Waals surface area contributed by atoms with Crippen molar-refractivity contribution in [2.75, 3.05) is 20.1 Å². The Hall–Kier alpha value is -2.37. The zero-order valence-electron chi connectivity index (χ0n) is 14.7. The van der Waals surface area contributed by atoms with Crippen molar-refractivity contribution >= 4 is 5.96 Å². The Bertz CT molecular complexity index is 621. The molecule has 0 atom stereocenters. The van der Waals surface area contributed by atoms with Crippen molar-refractivity contribution in [3.8, 4) is 0 Å². The molecule has 1 heterocycles. The van der Waals surface area contributed by atoms with Crippen molar-refractivity contribution in [3.05, 3.63) is 47.6 Å². The number of benzene rings is 1. The number of aryl methyl sites for hydroxylation is 1. The summed E-state index contributed by atoms with van der Waals surface area (Å²) in [5.41, 5.74) is 1.36. The fraction of sp³-hybridized carbons (Fsp3) is 0.500. The Morgan fingerprint density at radius 1 is 1.12 bits per heavy atom. The predicted molar refractivity (Wildman–Crippen MR) is 96.2 cm³/mol. The van der Waals surface area contributed by atoms with Gasteiger partial charge in [0.1, 0.15) is 0 Å². The van der Waals surface area contributed by atoms with Gasteiger partial charge in [0, 0.05) is 32.5 Å². The van der Waals surface area contributed by atoms with Crippen LogP contribution in [-0.4, -0.2) is 36.2 Å². The lowest BCUT2D eigenvalue weighted by atomic mass is 10.1. The highest BCUT2D eigenvalue weighted by atomic mass is 16.5. The molecule has 2 rings (SSSR count). The van der Waals surface area contributed by atoms with Gasteiger partial charge < -0.3 is 15.2 Å². The first kappa shape index (κ1) is 18.0. The first-order valence-electron chi connectivity index (χ1n) is 8.50. The molecular weight excluding hydrogens is 302 g/mol. The second-order valence-electron chi connectivity index (χ2n) is 5.97. The predicted octanol–water partition coefficient (Wildman–Crippen LogP) is 2.53. The molecule has 0 saturated heterocycles. The Labute approximate surface area is 143 Å². The third-order valence-electron chi connectivity index (χ3n) is 3.63. The SMILES string of the molecule is CN=C(NCCCc1ccccc1)NCCc1nc(C(C)C)no1. The molecule has 0 saturated carbocycles. The molecule has 0 aliphatic heterocycles. The third-order valence-corrected chi connectivity index (χ3v) is 3.63. The molecular formula is C18H27N5O. The molecule has 1 aromatic heterocycles. The van der Waals surface area contributed by atoms with E-state index in [1.807, 2.05) is 19.9 Å². The van der Waals surface area contributed by atoms with Gasteiger partial charge in [-0.3, -0.25) is 4.99 Å². The van der Waals surface area contributed by atoms with E-state index in [4.69, 9.17) is 4.52 Å². The maximum Gasteiger partial charge on any atom is 0.228 e. The van der Waals surface area contributed by atoms with E-state index in [1.54, 1.807) is 7.05 Å². The second kappa shape index (κ2) is 9.70. The Balaban J connectivity index is 1.63. The molecule has 0 spiro atoms. The van der Waals surface area contributed by atoms with Crippen LogP contribution in [-0.2, 0) is 12.8 Å². The highest BCUT2D eigenvalue weighted by Gasteiger charge is 2.09. The average Bonchev–Trinajstić information content (AvgIpc) is 3.07. The van der Waals surface area contributed by atoms with E-state index in [0.717, 1.165) is 31.2 Å². The van der Waals surface area contributed by atoms with Gasteiger partial charge in [-0.15, -0.1) is 0 Å². The maximum atomic E-state index is 5.23. The molecule has 2 aromatic rings. The van der Waals surface area contributed by atoms with E-state index >= 15 is 0 Å². The second-order valence-corrected chi connectivity index (χ2v) is 5.97. The fourth-order valence-corrected chi connectivity index (χ4v) is 2.26. The number of aliphatic imine (C=N–C) groups is 1. The molecule has 0 bridgehead atoms. The topological polar surface area (TPSA) is 75.3 Å². The van der Waals surface area contributed by atoms with Gasteiger partial charge in [0.25, 0.3) is 0 Å². The average molecular weight is 329 g/mol. The van der Waals surface area contributed by atoms with Crippen LogP contribution in [0.4, 0.5) is 0 Å². The van der Waals surface area contributed by atoms with Crippen molar-refractivity contribution in [3.63, 3.8) is 0 Å². The number of aromatic nitrogens is 2.